The molecule has 1 unspecified atom stereocenters. The fourth-order valence-electron chi connectivity index (χ4n) is 1.87. The number of esters is 1. The first-order valence-corrected chi connectivity index (χ1v) is 7.86. The summed E-state index contributed by atoms with van der Waals surface area (Å²) in [6, 6.07) is 12.3. The molecule has 0 radical (unpaired) electrons. The number of hydrogen-bond donors (Lipinski definition) is 1. The van der Waals surface area contributed by atoms with Gasteiger partial charge in [0.1, 0.15) is 0 Å². The van der Waals surface area contributed by atoms with Crippen molar-refractivity contribution in [3.63, 3.8) is 0 Å². The van der Waals surface area contributed by atoms with Gasteiger partial charge in [-0.3, -0.25) is 4.79 Å². The quantitative estimate of drug-likeness (QED) is 0.877. The van der Waals surface area contributed by atoms with Crippen LogP contribution < -0.4 is 5.32 Å². The lowest BCUT2D eigenvalue weighted by Gasteiger charge is -2.24. The number of hydrogen-bond acceptors (Lipinski definition) is 4. The molecule has 1 N–H and O–H groups in total. The van der Waals surface area contributed by atoms with Gasteiger partial charge in [0.05, 0.1) is 10.4 Å². The van der Waals surface area contributed by atoms with Crippen molar-refractivity contribution in [2.75, 3.05) is 0 Å². The minimum atomic E-state index is -0.938. The van der Waals surface area contributed by atoms with Crippen molar-refractivity contribution < 1.29 is 14.3 Å². The van der Waals surface area contributed by atoms with Crippen LogP contribution in [0.2, 0.25) is 0 Å². The fourth-order valence-corrected chi connectivity index (χ4v) is 2.62. The Kier molecular flexibility index (Phi) is 4.98. The molecule has 1 heterocycles. The third kappa shape index (κ3) is 4.43. The van der Waals surface area contributed by atoms with Crippen LogP contribution in [0.3, 0.4) is 0 Å². The van der Waals surface area contributed by atoms with Gasteiger partial charge in [0, 0.05) is 5.54 Å². The zero-order valence-electron chi connectivity index (χ0n) is 12.8. The van der Waals surface area contributed by atoms with Gasteiger partial charge < -0.3 is 10.1 Å². The molecule has 0 fully saturated rings. The largest absolute Gasteiger partial charge is 0.443 e. The molecule has 2 rings (SSSR count). The second-order valence-corrected chi connectivity index (χ2v) is 6.89. The van der Waals surface area contributed by atoms with Crippen LogP contribution in [0.1, 0.15) is 42.1 Å². The first-order chi connectivity index (χ1) is 10.4. The van der Waals surface area contributed by atoms with Crippen molar-refractivity contribution >= 4 is 23.2 Å². The SMILES string of the molecule is CC(C)(C)NC(=O)C(OC(=O)c1ccccc1)c1cccs1. The molecule has 116 valence electrons. The van der Waals surface area contributed by atoms with Gasteiger partial charge in [-0.1, -0.05) is 24.3 Å². The fraction of sp³-hybridized carbons (Fsp3) is 0.294. The van der Waals surface area contributed by atoms with E-state index < -0.39 is 17.6 Å². The van der Waals surface area contributed by atoms with Gasteiger partial charge in [-0.25, -0.2) is 4.79 Å². The van der Waals surface area contributed by atoms with Crippen LogP contribution in [0.25, 0.3) is 0 Å². The van der Waals surface area contributed by atoms with Crippen LogP contribution in [0.4, 0.5) is 0 Å². The van der Waals surface area contributed by atoms with Gasteiger partial charge in [-0.05, 0) is 44.4 Å². The summed E-state index contributed by atoms with van der Waals surface area (Å²) in [6.45, 7) is 5.65. The first kappa shape index (κ1) is 16.2. The molecule has 1 aromatic carbocycles. The summed E-state index contributed by atoms with van der Waals surface area (Å²) >= 11 is 1.38. The second-order valence-electron chi connectivity index (χ2n) is 5.91. The smallest absolute Gasteiger partial charge is 0.339 e. The second kappa shape index (κ2) is 6.75. The van der Waals surface area contributed by atoms with E-state index in [1.54, 1.807) is 30.3 Å². The Hall–Kier alpha value is -2.14. The van der Waals surface area contributed by atoms with E-state index >= 15 is 0 Å². The molecule has 4 nitrogen and oxygen atoms in total. The Morgan fingerprint density at radius 3 is 2.32 bits per heavy atom. The topological polar surface area (TPSA) is 55.4 Å². The highest BCUT2D eigenvalue weighted by Crippen LogP contribution is 2.25. The summed E-state index contributed by atoms with van der Waals surface area (Å²) in [7, 11) is 0. The predicted molar refractivity (Wildman–Crippen MR) is 86.8 cm³/mol. The standard InChI is InChI=1S/C17H19NO3S/c1-17(2,3)18-15(19)14(13-10-7-11-22-13)21-16(20)12-8-5-4-6-9-12/h4-11,14H,1-3H3,(H,18,19). The minimum absolute atomic E-state index is 0.320. The molecule has 0 spiro atoms. The molecule has 0 aliphatic carbocycles. The molecular formula is C17H19NO3S. The lowest BCUT2D eigenvalue weighted by atomic mass is 10.1. The minimum Gasteiger partial charge on any atom is -0.443 e. The molecule has 22 heavy (non-hydrogen) atoms. The molecule has 0 saturated heterocycles. The molecule has 1 aromatic heterocycles. The van der Waals surface area contributed by atoms with E-state index in [1.807, 2.05) is 38.3 Å². The Balaban J connectivity index is 2.19. The summed E-state index contributed by atoms with van der Waals surface area (Å²) < 4.78 is 5.45. The summed E-state index contributed by atoms with van der Waals surface area (Å²) in [4.78, 5) is 25.4. The highest BCUT2D eigenvalue weighted by atomic mass is 32.1. The predicted octanol–water partition coefficient (Wildman–Crippen LogP) is 3.56. The summed E-state index contributed by atoms with van der Waals surface area (Å²) in [5.74, 6) is -0.831. The number of rotatable bonds is 4. The third-order valence-electron chi connectivity index (χ3n) is 2.77. The summed E-state index contributed by atoms with van der Waals surface area (Å²) in [5.41, 5.74) is 0.0266. The molecule has 2 aromatic rings. The molecular weight excluding hydrogens is 298 g/mol. The maximum Gasteiger partial charge on any atom is 0.339 e. The van der Waals surface area contributed by atoms with Crippen LogP contribution >= 0.6 is 11.3 Å². The average molecular weight is 317 g/mol. The van der Waals surface area contributed by atoms with Crippen LogP contribution in [0.15, 0.2) is 47.8 Å². The molecule has 1 atom stereocenters. The first-order valence-electron chi connectivity index (χ1n) is 6.98. The van der Waals surface area contributed by atoms with Crippen molar-refractivity contribution in [3.8, 4) is 0 Å². The van der Waals surface area contributed by atoms with Crippen molar-refractivity contribution in [2.24, 2.45) is 0 Å². The molecule has 5 heteroatoms. The number of benzene rings is 1. The highest BCUT2D eigenvalue weighted by molar-refractivity contribution is 7.10. The summed E-state index contributed by atoms with van der Waals surface area (Å²) in [5, 5.41) is 4.71. The normalized spacial score (nSPS) is 12.5. The number of ether oxygens (including phenoxy) is 1. The van der Waals surface area contributed by atoms with Crippen LogP contribution in [-0.2, 0) is 9.53 Å². The van der Waals surface area contributed by atoms with Gasteiger partial charge in [0.25, 0.3) is 5.91 Å². The Bertz CT molecular complexity index is 630. The van der Waals surface area contributed by atoms with Crippen molar-refractivity contribution in [2.45, 2.75) is 32.4 Å². The van der Waals surface area contributed by atoms with Crippen molar-refractivity contribution in [3.05, 3.63) is 58.3 Å². The van der Waals surface area contributed by atoms with E-state index in [2.05, 4.69) is 5.32 Å². The van der Waals surface area contributed by atoms with Crippen molar-refractivity contribution in [1.29, 1.82) is 0 Å². The Morgan fingerprint density at radius 1 is 1.09 bits per heavy atom. The van der Waals surface area contributed by atoms with E-state index in [0.717, 1.165) is 0 Å². The number of nitrogens with one attached hydrogen (secondary N) is 1. The van der Waals surface area contributed by atoms with Crippen LogP contribution in [0.5, 0.6) is 0 Å². The van der Waals surface area contributed by atoms with E-state index in [-0.39, 0.29) is 5.91 Å². The van der Waals surface area contributed by atoms with E-state index in [9.17, 15) is 9.59 Å². The monoisotopic (exact) mass is 317 g/mol. The average Bonchev–Trinajstić information content (AvgIpc) is 2.97. The maximum absolute atomic E-state index is 12.4. The lowest BCUT2D eigenvalue weighted by molar-refractivity contribution is -0.131. The molecule has 0 saturated carbocycles. The van der Waals surface area contributed by atoms with Gasteiger partial charge in [0.2, 0.25) is 6.10 Å². The molecule has 0 aliphatic heterocycles. The highest BCUT2D eigenvalue weighted by Gasteiger charge is 2.29. The summed E-state index contributed by atoms with van der Waals surface area (Å²) in [6.07, 6.45) is -0.938. The van der Waals surface area contributed by atoms with E-state index in [0.29, 0.717) is 10.4 Å². The molecule has 0 aliphatic rings. The number of carbonyl (C=O) groups excluding carboxylic acids is 2. The van der Waals surface area contributed by atoms with Crippen molar-refractivity contribution in [1.82, 2.24) is 5.32 Å². The number of carbonyl (C=O) groups is 2. The third-order valence-corrected chi connectivity index (χ3v) is 3.69. The lowest BCUT2D eigenvalue weighted by Crippen LogP contribution is -2.44. The van der Waals surface area contributed by atoms with Gasteiger partial charge in [-0.15, -0.1) is 11.3 Å². The zero-order valence-corrected chi connectivity index (χ0v) is 13.6. The van der Waals surface area contributed by atoms with Crippen LogP contribution in [-0.4, -0.2) is 17.4 Å². The van der Waals surface area contributed by atoms with E-state index in [1.165, 1.54) is 11.3 Å². The number of amides is 1. The number of thiophene rings is 1. The van der Waals surface area contributed by atoms with Gasteiger partial charge in [0.15, 0.2) is 0 Å². The Labute approximate surface area is 134 Å². The van der Waals surface area contributed by atoms with Gasteiger partial charge in [-0.2, -0.15) is 0 Å². The molecule has 1 amide bonds. The van der Waals surface area contributed by atoms with Crippen LogP contribution in [0, 0.1) is 0 Å². The molecule has 0 bridgehead atoms. The Morgan fingerprint density at radius 2 is 1.77 bits per heavy atom. The van der Waals surface area contributed by atoms with E-state index in [4.69, 9.17) is 4.74 Å². The van der Waals surface area contributed by atoms with Gasteiger partial charge >= 0.3 is 5.97 Å². The maximum atomic E-state index is 12.4. The zero-order chi connectivity index (χ0) is 16.2.